The Kier molecular flexibility index (Phi) is 3.42. The highest BCUT2D eigenvalue weighted by Crippen LogP contribution is 2.53. The van der Waals surface area contributed by atoms with E-state index in [-0.39, 0.29) is 23.7 Å². The van der Waals surface area contributed by atoms with Gasteiger partial charge in [-0.2, -0.15) is 0 Å². The number of hydrogen-bond donors (Lipinski definition) is 1. The molecule has 2 bridgehead atoms. The van der Waals surface area contributed by atoms with Gasteiger partial charge in [-0.1, -0.05) is 0 Å². The first-order valence-corrected chi connectivity index (χ1v) is 8.39. The molecule has 6 nitrogen and oxygen atoms in total. The Bertz CT molecular complexity index is 477. The number of aliphatic carboxylic acids is 1. The molecule has 4 unspecified atom stereocenters. The Morgan fingerprint density at radius 3 is 2.18 bits per heavy atom. The number of carbonyl (C=O) groups excluding carboxylic acids is 1. The van der Waals surface area contributed by atoms with Gasteiger partial charge in [0.05, 0.1) is 25.0 Å². The number of carboxylic acid groups (broad SMARTS) is 1. The highest BCUT2D eigenvalue weighted by Gasteiger charge is 2.55. The molecule has 0 aromatic heterocycles. The normalized spacial score (nSPS) is 39.5. The predicted octanol–water partition coefficient (Wildman–Crippen LogP) is 1.10. The van der Waals surface area contributed by atoms with E-state index in [0.717, 1.165) is 19.3 Å². The Hall–Kier alpha value is -1.14. The molecule has 2 saturated heterocycles. The van der Waals surface area contributed by atoms with Crippen molar-refractivity contribution < 1.29 is 24.2 Å². The van der Waals surface area contributed by atoms with Crippen LogP contribution in [0.25, 0.3) is 0 Å². The Labute approximate surface area is 129 Å². The second-order valence-corrected chi connectivity index (χ2v) is 7.16. The lowest BCUT2D eigenvalue weighted by Gasteiger charge is -2.40. The smallest absolute Gasteiger partial charge is 0.307 e. The lowest BCUT2D eigenvalue weighted by Crippen LogP contribution is -2.51. The van der Waals surface area contributed by atoms with Crippen LogP contribution in [0, 0.1) is 23.7 Å². The molecule has 2 saturated carbocycles. The number of piperidine rings is 1. The van der Waals surface area contributed by atoms with Gasteiger partial charge >= 0.3 is 5.97 Å². The third kappa shape index (κ3) is 2.15. The van der Waals surface area contributed by atoms with Crippen LogP contribution in [0.2, 0.25) is 0 Å². The van der Waals surface area contributed by atoms with Gasteiger partial charge < -0.3 is 19.5 Å². The Balaban J connectivity index is 1.45. The van der Waals surface area contributed by atoms with Gasteiger partial charge in [-0.25, -0.2) is 0 Å². The zero-order chi connectivity index (χ0) is 15.3. The fourth-order valence-electron chi connectivity index (χ4n) is 5.07. The highest BCUT2D eigenvalue weighted by molar-refractivity contribution is 5.86. The van der Waals surface area contributed by atoms with E-state index < -0.39 is 17.7 Å². The van der Waals surface area contributed by atoms with Gasteiger partial charge in [0, 0.05) is 25.9 Å². The van der Waals surface area contributed by atoms with Crippen LogP contribution in [0.1, 0.15) is 32.1 Å². The van der Waals surface area contributed by atoms with Gasteiger partial charge in [0.2, 0.25) is 5.91 Å². The number of rotatable bonds is 2. The van der Waals surface area contributed by atoms with Crippen LogP contribution < -0.4 is 0 Å². The van der Waals surface area contributed by atoms with E-state index in [1.54, 1.807) is 0 Å². The second kappa shape index (κ2) is 5.20. The molecule has 6 heteroatoms. The van der Waals surface area contributed by atoms with Crippen molar-refractivity contribution in [1.29, 1.82) is 0 Å². The molecule has 0 aromatic carbocycles. The van der Waals surface area contributed by atoms with Crippen LogP contribution in [0.5, 0.6) is 0 Å². The topological polar surface area (TPSA) is 76.1 Å². The summed E-state index contributed by atoms with van der Waals surface area (Å²) in [7, 11) is 0. The third-order valence-corrected chi connectivity index (χ3v) is 6.14. The maximum Gasteiger partial charge on any atom is 0.307 e. The molecular weight excluding hydrogens is 286 g/mol. The molecule has 1 N–H and O–H groups in total. The van der Waals surface area contributed by atoms with Gasteiger partial charge in [-0.05, 0) is 31.1 Å². The van der Waals surface area contributed by atoms with Crippen LogP contribution in [-0.2, 0) is 19.1 Å². The molecule has 4 fully saturated rings. The summed E-state index contributed by atoms with van der Waals surface area (Å²) in [6.45, 7) is 2.47. The maximum absolute atomic E-state index is 12.9. The monoisotopic (exact) mass is 309 g/mol. The minimum absolute atomic E-state index is 0.0486. The van der Waals surface area contributed by atoms with E-state index in [0.29, 0.717) is 39.1 Å². The SMILES string of the molecule is O=C(O)C1C2CCC(C2)C1C(=O)N1CCC2(CC1)OCCO2. The maximum atomic E-state index is 12.9. The van der Waals surface area contributed by atoms with E-state index in [4.69, 9.17) is 9.47 Å². The summed E-state index contributed by atoms with van der Waals surface area (Å²) in [4.78, 5) is 26.3. The van der Waals surface area contributed by atoms with Crippen LogP contribution >= 0.6 is 0 Å². The first-order valence-electron chi connectivity index (χ1n) is 8.39. The predicted molar refractivity (Wildman–Crippen MR) is 75.9 cm³/mol. The minimum Gasteiger partial charge on any atom is -0.481 e. The first kappa shape index (κ1) is 14.5. The number of likely N-dealkylation sites (tertiary alicyclic amines) is 1. The summed E-state index contributed by atoms with van der Waals surface area (Å²) in [5.41, 5.74) is 0. The lowest BCUT2D eigenvalue weighted by molar-refractivity contribution is -0.189. The molecule has 4 atom stereocenters. The van der Waals surface area contributed by atoms with E-state index in [2.05, 4.69) is 0 Å². The molecule has 1 spiro atoms. The standard InChI is InChI=1S/C16H23NO5/c18-14(12-10-1-2-11(9-10)13(12)15(19)20)17-5-3-16(4-6-17)21-7-8-22-16/h10-13H,1-9H2,(H,19,20). The van der Waals surface area contributed by atoms with Crippen molar-refractivity contribution in [2.75, 3.05) is 26.3 Å². The molecule has 122 valence electrons. The van der Waals surface area contributed by atoms with Crippen LogP contribution in [0.4, 0.5) is 0 Å². The average molecular weight is 309 g/mol. The second-order valence-electron chi connectivity index (χ2n) is 7.16. The number of fused-ring (bicyclic) bond motifs is 2. The molecule has 0 aromatic rings. The quantitative estimate of drug-likeness (QED) is 0.826. The molecular formula is C16H23NO5. The van der Waals surface area contributed by atoms with Crippen molar-refractivity contribution in [1.82, 2.24) is 4.90 Å². The van der Waals surface area contributed by atoms with E-state index in [1.165, 1.54) is 0 Å². The largest absolute Gasteiger partial charge is 0.481 e. The fourth-order valence-corrected chi connectivity index (χ4v) is 5.07. The Morgan fingerprint density at radius 1 is 1.00 bits per heavy atom. The van der Waals surface area contributed by atoms with Crippen molar-refractivity contribution in [3.8, 4) is 0 Å². The summed E-state index contributed by atoms with van der Waals surface area (Å²) in [5.74, 6) is -1.54. The summed E-state index contributed by atoms with van der Waals surface area (Å²) in [5, 5.41) is 9.51. The van der Waals surface area contributed by atoms with Crippen LogP contribution in [-0.4, -0.2) is 54.0 Å². The molecule has 2 aliphatic heterocycles. The zero-order valence-corrected chi connectivity index (χ0v) is 12.7. The van der Waals surface area contributed by atoms with Gasteiger partial charge in [0.15, 0.2) is 5.79 Å². The third-order valence-electron chi connectivity index (χ3n) is 6.14. The lowest BCUT2D eigenvalue weighted by atomic mass is 9.78. The fraction of sp³-hybridized carbons (Fsp3) is 0.875. The summed E-state index contributed by atoms with van der Waals surface area (Å²) in [6.07, 6.45) is 4.27. The van der Waals surface area contributed by atoms with Gasteiger partial charge in [-0.3, -0.25) is 9.59 Å². The van der Waals surface area contributed by atoms with Crippen molar-refractivity contribution in [3.05, 3.63) is 0 Å². The number of nitrogens with zero attached hydrogens (tertiary/aromatic N) is 1. The van der Waals surface area contributed by atoms with E-state index in [1.807, 2.05) is 4.90 Å². The van der Waals surface area contributed by atoms with Gasteiger partial charge in [0.1, 0.15) is 0 Å². The molecule has 2 heterocycles. The molecule has 4 aliphatic rings. The van der Waals surface area contributed by atoms with Crippen molar-refractivity contribution in [2.45, 2.75) is 37.9 Å². The van der Waals surface area contributed by atoms with E-state index >= 15 is 0 Å². The molecule has 0 radical (unpaired) electrons. The van der Waals surface area contributed by atoms with Crippen LogP contribution in [0.15, 0.2) is 0 Å². The number of amides is 1. The van der Waals surface area contributed by atoms with E-state index in [9.17, 15) is 14.7 Å². The van der Waals surface area contributed by atoms with Gasteiger partial charge in [-0.15, -0.1) is 0 Å². The zero-order valence-electron chi connectivity index (χ0n) is 12.7. The van der Waals surface area contributed by atoms with Crippen molar-refractivity contribution in [3.63, 3.8) is 0 Å². The molecule has 2 aliphatic carbocycles. The number of hydrogen-bond acceptors (Lipinski definition) is 4. The first-order chi connectivity index (χ1) is 10.6. The summed E-state index contributed by atoms with van der Waals surface area (Å²) in [6, 6.07) is 0. The number of carboxylic acids is 1. The minimum atomic E-state index is -0.790. The van der Waals surface area contributed by atoms with Crippen molar-refractivity contribution >= 4 is 11.9 Å². The average Bonchev–Trinajstić information content (AvgIpc) is 3.22. The number of carbonyl (C=O) groups is 2. The summed E-state index contributed by atoms with van der Waals surface area (Å²) < 4.78 is 11.4. The Morgan fingerprint density at radius 2 is 1.59 bits per heavy atom. The number of ether oxygens (including phenoxy) is 2. The molecule has 1 amide bonds. The van der Waals surface area contributed by atoms with Crippen molar-refractivity contribution in [2.24, 2.45) is 23.7 Å². The highest BCUT2D eigenvalue weighted by atomic mass is 16.7. The van der Waals surface area contributed by atoms with Crippen LogP contribution in [0.3, 0.4) is 0 Å². The summed E-state index contributed by atoms with van der Waals surface area (Å²) >= 11 is 0. The van der Waals surface area contributed by atoms with Gasteiger partial charge in [0.25, 0.3) is 0 Å². The molecule has 4 rings (SSSR count). The molecule has 22 heavy (non-hydrogen) atoms.